The zero-order valence-electron chi connectivity index (χ0n) is 13.0. The number of hydrogen-bond donors (Lipinski definition) is 2. The highest BCUT2D eigenvalue weighted by atomic mass is 16.3. The van der Waals surface area contributed by atoms with Crippen molar-refractivity contribution in [3.05, 3.63) is 47.3 Å². The zero-order valence-corrected chi connectivity index (χ0v) is 13.0. The minimum absolute atomic E-state index is 0.183. The number of aliphatic hydroxyl groups is 1. The van der Waals surface area contributed by atoms with Gasteiger partial charge in [0.25, 0.3) is 5.91 Å². The van der Waals surface area contributed by atoms with Gasteiger partial charge in [0.15, 0.2) is 0 Å². The van der Waals surface area contributed by atoms with Crippen LogP contribution in [-0.4, -0.2) is 32.9 Å². The lowest BCUT2D eigenvalue weighted by Gasteiger charge is -2.36. The van der Waals surface area contributed by atoms with E-state index in [1.54, 1.807) is 10.9 Å². The summed E-state index contributed by atoms with van der Waals surface area (Å²) in [5.74, 6) is -0.183. The molecule has 0 spiro atoms. The molecule has 0 radical (unpaired) electrons. The molecule has 2 N–H and O–H groups in total. The molecule has 5 heteroatoms. The summed E-state index contributed by atoms with van der Waals surface area (Å²) in [6.45, 7) is 4.20. The van der Waals surface area contributed by atoms with Crippen molar-refractivity contribution in [1.29, 1.82) is 0 Å². The first-order chi connectivity index (χ1) is 10.5. The summed E-state index contributed by atoms with van der Waals surface area (Å²) < 4.78 is 1.78. The fraction of sp³-hybridized carbons (Fsp3) is 0.412. The largest absolute Gasteiger partial charge is 0.388 e. The summed E-state index contributed by atoms with van der Waals surface area (Å²) >= 11 is 0. The molecule has 0 bridgehead atoms. The quantitative estimate of drug-likeness (QED) is 0.909. The Bertz CT molecular complexity index is 702. The van der Waals surface area contributed by atoms with E-state index in [1.165, 1.54) is 0 Å². The van der Waals surface area contributed by atoms with Crippen molar-refractivity contribution < 1.29 is 9.90 Å². The topological polar surface area (TPSA) is 67.2 Å². The van der Waals surface area contributed by atoms with E-state index >= 15 is 0 Å². The van der Waals surface area contributed by atoms with Gasteiger partial charge in [0.05, 0.1) is 28.7 Å². The monoisotopic (exact) mass is 299 g/mol. The Balaban J connectivity index is 1.78. The fourth-order valence-corrected chi connectivity index (χ4v) is 2.78. The van der Waals surface area contributed by atoms with Gasteiger partial charge in [-0.15, -0.1) is 0 Å². The number of para-hydroxylation sites is 1. The number of nitrogens with zero attached hydrogens (tertiary/aromatic N) is 2. The lowest BCUT2D eigenvalue weighted by Crippen LogP contribution is -2.47. The first-order valence-corrected chi connectivity index (χ1v) is 7.61. The molecule has 1 aromatic heterocycles. The van der Waals surface area contributed by atoms with Crippen LogP contribution in [0.4, 0.5) is 0 Å². The van der Waals surface area contributed by atoms with Crippen molar-refractivity contribution in [3.63, 3.8) is 0 Å². The van der Waals surface area contributed by atoms with Crippen LogP contribution in [0, 0.1) is 13.8 Å². The van der Waals surface area contributed by atoms with Gasteiger partial charge in [-0.25, -0.2) is 4.68 Å². The summed E-state index contributed by atoms with van der Waals surface area (Å²) in [6, 6.07) is 7.93. The summed E-state index contributed by atoms with van der Waals surface area (Å²) in [5, 5.41) is 17.2. The Labute approximate surface area is 130 Å². The highest BCUT2D eigenvalue weighted by Crippen LogP contribution is 2.30. The van der Waals surface area contributed by atoms with Gasteiger partial charge in [-0.1, -0.05) is 18.2 Å². The molecule has 1 fully saturated rings. The molecule has 1 heterocycles. The van der Waals surface area contributed by atoms with E-state index < -0.39 is 5.60 Å². The second kappa shape index (κ2) is 5.57. The Morgan fingerprint density at radius 2 is 2.09 bits per heavy atom. The van der Waals surface area contributed by atoms with E-state index in [1.807, 2.05) is 38.1 Å². The van der Waals surface area contributed by atoms with Crippen molar-refractivity contribution in [2.24, 2.45) is 0 Å². The van der Waals surface area contributed by atoms with E-state index in [4.69, 9.17) is 0 Å². The number of nitrogens with one attached hydrogen (secondary N) is 1. The molecule has 1 aliphatic rings. The molecule has 0 unspecified atom stereocenters. The minimum Gasteiger partial charge on any atom is -0.388 e. The van der Waals surface area contributed by atoms with E-state index in [0.29, 0.717) is 12.1 Å². The average molecular weight is 299 g/mol. The molecule has 5 nitrogen and oxygen atoms in total. The third-order valence-electron chi connectivity index (χ3n) is 4.46. The normalized spacial score (nSPS) is 16.1. The van der Waals surface area contributed by atoms with Gasteiger partial charge in [0, 0.05) is 6.54 Å². The molecule has 1 saturated carbocycles. The summed E-state index contributed by atoms with van der Waals surface area (Å²) in [4.78, 5) is 12.3. The zero-order chi connectivity index (χ0) is 15.7. The Morgan fingerprint density at radius 3 is 2.73 bits per heavy atom. The molecule has 0 aliphatic heterocycles. The molecule has 1 amide bonds. The first kappa shape index (κ1) is 14.8. The number of carbonyl (C=O) groups excluding carboxylic acids is 1. The van der Waals surface area contributed by atoms with Crippen LogP contribution in [0.25, 0.3) is 5.69 Å². The fourth-order valence-electron chi connectivity index (χ4n) is 2.78. The van der Waals surface area contributed by atoms with Crippen LogP contribution in [-0.2, 0) is 0 Å². The molecule has 2 aromatic rings. The minimum atomic E-state index is -0.713. The van der Waals surface area contributed by atoms with Crippen LogP contribution in [0.15, 0.2) is 30.5 Å². The molecule has 116 valence electrons. The highest BCUT2D eigenvalue weighted by Gasteiger charge is 2.34. The summed E-state index contributed by atoms with van der Waals surface area (Å²) in [5.41, 5.74) is 2.70. The van der Waals surface area contributed by atoms with E-state index in [0.717, 1.165) is 36.2 Å². The maximum Gasteiger partial charge on any atom is 0.254 e. The number of hydrogen-bond acceptors (Lipinski definition) is 3. The van der Waals surface area contributed by atoms with E-state index in [-0.39, 0.29) is 5.91 Å². The van der Waals surface area contributed by atoms with Gasteiger partial charge in [-0.2, -0.15) is 5.10 Å². The van der Waals surface area contributed by atoms with E-state index in [9.17, 15) is 9.90 Å². The summed E-state index contributed by atoms with van der Waals surface area (Å²) in [7, 11) is 0. The molecule has 1 aliphatic carbocycles. The van der Waals surface area contributed by atoms with E-state index in [2.05, 4.69) is 10.4 Å². The average Bonchev–Trinajstić information content (AvgIpc) is 2.85. The van der Waals surface area contributed by atoms with Crippen molar-refractivity contribution in [2.45, 2.75) is 38.7 Å². The van der Waals surface area contributed by atoms with Crippen LogP contribution in [0.2, 0.25) is 0 Å². The number of aryl methyl sites for hydroxylation is 1. The lowest BCUT2D eigenvalue weighted by molar-refractivity contribution is -0.0300. The second-order valence-electron chi connectivity index (χ2n) is 6.10. The molecule has 0 atom stereocenters. The smallest absolute Gasteiger partial charge is 0.254 e. The van der Waals surface area contributed by atoms with Crippen molar-refractivity contribution in [1.82, 2.24) is 15.1 Å². The molecule has 0 saturated heterocycles. The Morgan fingerprint density at radius 1 is 1.36 bits per heavy atom. The molecular weight excluding hydrogens is 278 g/mol. The van der Waals surface area contributed by atoms with Gasteiger partial charge in [0.1, 0.15) is 0 Å². The highest BCUT2D eigenvalue weighted by molar-refractivity contribution is 5.95. The van der Waals surface area contributed by atoms with Crippen molar-refractivity contribution in [2.75, 3.05) is 6.54 Å². The van der Waals surface area contributed by atoms with Crippen LogP contribution < -0.4 is 5.32 Å². The standard InChI is InChI=1S/C17H21N3O2/c1-12-6-3-4-7-15(12)20-13(2)14(10-19-20)16(21)18-11-17(22)8-5-9-17/h3-4,6-7,10,22H,5,8-9,11H2,1-2H3,(H,18,21). The number of carbonyl (C=O) groups is 1. The van der Waals surface area contributed by atoms with Crippen molar-refractivity contribution >= 4 is 5.91 Å². The van der Waals surface area contributed by atoms with Gasteiger partial charge in [-0.05, 0) is 44.7 Å². The van der Waals surface area contributed by atoms with Gasteiger partial charge < -0.3 is 10.4 Å². The second-order valence-corrected chi connectivity index (χ2v) is 6.10. The molecule has 22 heavy (non-hydrogen) atoms. The Hall–Kier alpha value is -2.14. The van der Waals surface area contributed by atoms with Gasteiger partial charge in [-0.3, -0.25) is 4.79 Å². The first-order valence-electron chi connectivity index (χ1n) is 7.61. The van der Waals surface area contributed by atoms with Gasteiger partial charge >= 0.3 is 0 Å². The maximum atomic E-state index is 12.3. The number of aromatic nitrogens is 2. The third-order valence-corrected chi connectivity index (χ3v) is 4.46. The SMILES string of the molecule is Cc1ccccc1-n1ncc(C(=O)NCC2(O)CCC2)c1C. The van der Waals surface area contributed by atoms with Crippen molar-refractivity contribution in [3.8, 4) is 5.69 Å². The maximum absolute atomic E-state index is 12.3. The Kier molecular flexibility index (Phi) is 3.74. The van der Waals surface area contributed by atoms with Crippen LogP contribution in [0.5, 0.6) is 0 Å². The van der Waals surface area contributed by atoms with Crippen LogP contribution >= 0.6 is 0 Å². The summed E-state index contributed by atoms with van der Waals surface area (Å²) in [6.07, 6.45) is 4.13. The van der Waals surface area contributed by atoms with Crippen LogP contribution in [0.3, 0.4) is 0 Å². The predicted molar refractivity (Wildman–Crippen MR) is 84.2 cm³/mol. The molecular formula is C17H21N3O2. The van der Waals surface area contributed by atoms with Gasteiger partial charge in [0.2, 0.25) is 0 Å². The number of rotatable bonds is 4. The number of benzene rings is 1. The van der Waals surface area contributed by atoms with Crippen LogP contribution in [0.1, 0.15) is 40.9 Å². The molecule has 1 aromatic carbocycles. The predicted octanol–water partition coefficient (Wildman–Crippen LogP) is 2.13. The lowest BCUT2D eigenvalue weighted by atomic mass is 9.80. The molecule has 3 rings (SSSR count). The number of amides is 1. The third kappa shape index (κ3) is 2.64.